The van der Waals surface area contributed by atoms with E-state index in [9.17, 15) is 9.59 Å². The van der Waals surface area contributed by atoms with Crippen molar-refractivity contribution in [3.05, 3.63) is 60.2 Å². The number of hydrogen-bond donors (Lipinski definition) is 0. The Kier molecular flexibility index (Phi) is 6.18. The molecule has 158 valence electrons. The van der Waals surface area contributed by atoms with Gasteiger partial charge in [0.15, 0.2) is 5.60 Å². The molecule has 0 N–H and O–H groups in total. The molecule has 2 heterocycles. The third-order valence-electron chi connectivity index (χ3n) is 6.15. The van der Waals surface area contributed by atoms with Crippen LogP contribution in [0.15, 0.2) is 54.6 Å². The maximum atomic E-state index is 13.6. The third-order valence-corrected chi connectivity index (χ3v) is 6.15. The molecular weight excluding hydrogens is 376 g/mol. The fraction of sp³-hybridized carbons (Fsp3) is 0.440. The molecule has 1 atom stereocenters. The minimum atomic E-state index is -1.01. The van der Waals surface area contributed by atoms with Crippen molar-refractivity contribution in [2.75, 3.05) is 32.8 Å². The van der Waals surface area contributed by atoms with Gasteiger partial charge < -0.3 is 14.5 Å². The lowest BCUT2D eigenvalue weighted by atomic mass is 9.89. The molecule has 5 nitrogen and oxygen atoms in total. The van der Waals surface area contributed by atoms with Crippen molar-refractivity contribution in [1.82, 2.24) is 9.80 Å². The summed E-state index contributed by atoms with van der Waals surface area (Å²) in [6.07, 6.45) is 2.97. The average Bonchev–Trinajstić information content (AvgIpc) is 3.34. The number of carbonyl (C=O) groups excluding carboxylic acids is 2. The van der Waals surface area contributed by atoms with E-state index in [1.54, 1.807) is 4.90 Å². The van der Waals surface area contributed by atoms with Crippen molar-refractivity contribution in [1.29, 1.82) is 0 Å². The molecule has 2 aromatic carbocycles. The second-order valence-electron chi connectivity index (χ2n) is 8.25. The van der Waals surface area contributed by atoms with Crippen LogP contribution in [0.5, 0.6) is 0 Å². The predicted octanol–water partition coefficient (Wildman–Crippen LogP) is 3.53. The molecule has 2 amide bonds. The van der Waals surface area contributed by atoms with E-state index in [4.69, 9.17) is 4.74 Å². The SMILES string of the molecule is CCC(=O)N1CCOC(Cc2cccc(-c3ccccc3)c2)(C(=O)N2CCCC2)C1. The zero-order chi connectivity index (χ0) is 21.0. The van der Waals surface area contributed by atoms with Crippen LogP contribution in [-0.4, -0.2) is 60.0 Å². The van der Waals surface area contributed by atoms with E-state index in [0.29, 0.717) is 32.5 Å². The number of nitrogens with zero attached hydrogens (tertiary/aromatic N) is 2. The molecule has 0 aromatic heterocycles. The number of ether oxygens (including phenoxy) is 1. The van der Waals surface area contributed by atoms with Crippen molar-refractivity contribution in [2.24, 2.45) is 0 Å². The number of amides is 2. The van der Waals surface area contributed by atoms with Crippen molar-refractivity contribution in [3.63, 3.8) is 0 Å². The van der Waals surface area contributed by atoms with E-state index in [1.165, 1.54) is 0 Å². The lowest BCUT2D eigenvalue weighted by Gasteiger charge is -2.43. The standard InChI is InChI=1S/C25H30N2O3/c1-2-23(28)27-15-16-30-25(19-27,24(29)26-13-6-7-14-26)18-20-9-8-12-22(17-20)21-10-4-3-5-11-21/h3-5,8-12,17H,2,6-7,13-16,18-19H2,1H3. The van der Waals surface area contributed by atoms with Crippen LogP contribution in [-0.2, 0) is 20.7 Å². The highest BCUT2D eigenvalue weighted by molar-refractivity contribution is 5.87. The molecule has 4 rings (SSSR count). The van der Waals surface area contributed by atoms with E-state index in [0.717, 1.165) is 42.6 Å². The van der Waals surface area contributed by atoms with Crippen LogP contribution in [0.4, 0.5) is 0 Å². The van der Waals surface area contributed by atoms with Gasteiger partial charge in [-0.3, -0.25) is 9.59 Å². The molecule has 0 aliphatic carbocycles. The van der Waals surface area contributed by atoms with Crippen LogP contribution in [0.3, 0.4) is 0 Å². The first-order valence-electron chi connectivity index (χ1n) is 11.0. The van der Waals surface area contributed by atoms with Crippen LogP contribution in [0.1, 0.15) is 31.7 Å². The second-order valence-corrected chi connectivity index (χ2v) is 8.25. The summed E-state index contributed by atoms with van der Waals surface area (Å²) in [5, 5.41) is 0. The summed E-state index contributed by atoms with van der Waals surface area (Å²) >= 11 is 0. The number of carbonyl (C=O) groups is 2. The summed E-state index contributed by atoms with van der Waals surface area (Å²) in [5.41, 5.74) is 2.30. The number of likely N-dealkylation sites (tertiary alicyclic amines) is 1. The molecule has 0 saturated carbocycles. The van der Waals surface area contributed by atoms with Gasteiger partial charge in [0.1, 0.15) is 0 Å². The van der Waals surface area contributed by atoms with Crippen molar-refractivity contribution < 1.29 is 14.3 Å². The van der Waals surface area contributed by atoms with Gasteiger partial charge in [0.25, 0.3) is 5.91 Å². The number of rotatable bonds is 5. The minimum absolute atomic E-state index is 0.0266. The summed E-state index contributed by atoms with van der Waals surface area (Å²) in [5.74, 6) is 0.105. The van der Waals surface area contributed by atoms with Crippen molar-refractivity contribution in [3.8, 4) is 11.1 Å². The molecule has 0 spiro atoms. The summed E-state index contributed by atoms with van der Waals surface area (Å²) in [4.78, 5) is 29.8. The van der Waals surface area contributed by atoms with Gasteiger partial charge in [-0.1, -0.05) is 61.5 Å². The lowest BCUT2D eigenvalue weighted by Crippen LogP contribution is -2.62. The van der Waals surface area contributed by atoms with E-state index in [-0.39, 0.29) is 11.8 Å². The van der Waals surface area contributed by atoms with Gasteiger partial charge in [-0.05, 0) is 29.5 Å². The Labute approximate surface area is 178 Å². The summed E-state index contributed by atoms with van der Waals surface area (Å²) in [6.45, 7) is 4.68. The smallest absolute Gasteiger partial charge is 0.257 e. The van der Waals surface area contributed by atoms with Gasteiger partial charge >= 0.3 is 0 Å². The zero-order valence-electron chi connectivity index (χ0n) is 17.7. The van der Waals surface area contributed by atoms with Crippen LogP contribution in [0.25, 0.3) is 11.1 Å². The van der Waals surface area contributed by atoms with Crippen LogP contribution in [0.2, 0.25) is 0 Å². The van der Waals surface area contributed by atoms with Crippen molar-refractivity contribution in [2.45, 2.75) is 38.2 Å². The molecule has 2 fully saturated rings. The molecule has 30 heavy (non-hydrogen) atoms. The first-order chi connectivity index (χ1) is 14.6. The van der Waals surface area contributed by atoms with Crippen LogP contribution < -0.4 is 0 Å². The topological polar surface area (TPSA) is 49.9 Å². The molecule has 0 bridgehead atoms. The molecule has 2 saturated heterocycles. The highest BCUT2D eigenvalue weighted by Crippen LogP contribution is 2.30. The lowest BCUT2D eigenvalue weighted by molar-refractivity contribution is -0.173. The Balaban J connectivity index is 1.65. The Morgan fingerprint density at radius 3 is 2.40 bits per heavy atom. The predicted molar refractivity (Wildman–Crippen MR) is 117 cm³/mol. The molecule has 2 aliphatic rings. The summed E-state index contributed by atoms with van der Waals surface area (Å²) < 4.78 is 6.23. The maximum Gasteiger partial charge on any atom is 0.257 e. The highest BCUT2D eigenvalue weighted by atomic mass is 16.5. The van der Waals surface area contributed by atoms with E-state index in [2.05, 4.69) is 30.3 Å². The van der Waals surface area contributed by atoms with Gasteiger partial charge in [0.2, 0.25) is 5.91 Å². The quantitative estimate of drug-likeness (QED) is 0.763. The largest absolute Gasteiger partial charge is 0.361 e. The number of hydrogen-bond acceptors (Lipinski definition) is 3. The van der Waals surface area contributed by atoms with Crippen molar-refractivity contribution >= 4 is 11.8 Å². The summed E-state index contributed by atoms with van der Waals surface area (Å²) in [7, 11) is 0. The van der Waals surface area contributed by atoms with E-state index >= 15 is 0 Å². The highest BCUT2D eigenvalue weighted by Gasteiger charge is 2.47. The minimum Gasteiger partial charge on any atom is -0.361 e. The average molecular weight is 407 g/mol. The molecule has 1 unspecified atom stereocenters. The molecule has 0 radical (unpaired) electrons. The molecule has 5 heteroatoms. The second kappa shape index (κ2) is 9.00. The maximum absolute atomic E-state index is 13.6. The fourth-order valence-corrected chi connectivity index (χ4v) is 4.56. The van der Waals surface area contributed by atoms with Gasteiger partial charge in [0.05, 0.1) is 13.2 Å². The molecular formula is C25H30N2O3. The van der Waals surface area contributed by atoms with Gasteiger partial charge in [-0.15, -0.1) is 0 Å². The van der Waals surface area contributed by atoms with E-state index < -0.39 is 5.60 Å². The molecule has 2 aromatic rings. The van der Waals surface area contributed by atoms with Gasteiger partial charge in [0, 0.05) is 32.5 Å². The number of benzene rings is 2. The van der Waals surface area contributed by atoms with Gasteiger partial charge in [-0.25, -0.2) is 0 Å². The number of morpholine rings is 1. The van der Waals surface area contributed by atoms with E-state index in [1.807, 2.05) is 36.1 Å². The van der Waals surface area contributed by atoms with Gasteiger partial charge in [-0.2, -0.15) is 0 Å². The fourth-order valence-electron chi connectivity index (χ4n) is 4.56. The van der Waals surface area contributed by atoms with Crippen LogP contribution >= 0.6 is 0 Å². The summed E-state index contributed by atoms with van der Waals surface area (Å²) in [6, 6.07) is 18.5. The monoisotopic (exact) mass is 406 g/mol. The Hall–Kier alpha value is -2.66. The third kappa shape index (κ3) is 4.26. The Morgan fingerprint density at radius 2 is 1.67 bits per heavy atom. The zero-order valence-corrected chi connectivity index (χ0v) is 17.7. The first-order valence-corrected chi connectivity index (χ1v) is 11.0. The Morgan fingerprint density at radius 1 is 0.933 bits per heavy atom. The Bertz CT molecular complexity index is 892. The van der Waals surface area contributed by atoms with Crippen LogP contribution in [0, 0.1) is 0 Å². The molecule has 2 aliphatic heterocycles. The first kappa shape index (κ1) is 20.6. The normalized spacial score (nSPS) is 21.6.